The van der Waals surface area contributed by atoms with E-state index in [0.717, 1.165) is 11.3 Å². The van der Waals surface area contributed by atoms with E-state index in [2.05, 4.69) is 63.7 Å². The Hall–Kier alpha value is -1.78. The Morgan fingerprint density at radius 2 is 1.26 bits per heavy atom. The fourth-order valence-electron chi connectivity index (χ4n) is 1.41. The number of nitrogens with zero attached hydrogens (tertiary/aromatic N) is 2. The molecule has 0 aliphatic rings. The van der Waals surface area contributed by atoms with E-state index >= 15 is 0 Å². The summed E-state index contributed by atoms with van der Waals surface area (Å²) in [4.78, 5) is 7.98. The van der Waals surface area contributed by atoms with Crippen LogP contribution in [-0.2, 0) is 49.5 Å². The molecule has 0 spiro atoms. The van der Waals surface area contributed by atoms with E-state index < -0.39 is 0 Å². The van der Waals surface area contributed by atoms with Gasteiger partial charge in [0.05, 0.1) is 0 Å². The maximum atomic E-state index is 7.50. The summed E-state index contributed by atoms with van der Waals surface area (Å²) in [5.41, 5.74) is 2.14. The molecule has 0 bridgehead atoms. The second-order valence-electron chi connectivity index (χ2n) is 3.53. The van der Waals surface area contributed by atoms with Crippen molar-refractivity contribution in [3.8, 4) is 11.3 Å². The van der Waals surface area contributed by atoms with Crippen molar-refractivity contribution in [2.45, 2.75) is 0 Å². The zero-order chi connectivity index (χ0) is 20.5. The van der Waals surface area contributed by atoms with E-state index in [1.807, 2.05) is 60.7 Å². The molecule has 5 nitrogen and oxygen atoms in total. The molecule has 0 N–H and O–H groups in total. The number of hydrogen-bond acceptors (Lipinski definition) is 2. The molecular weight excluding hydrogens is 498 g/mol. The molecule has 2 heterocycles. The van der Waals surface area contributed by atoms with Crippen LogP contribution in [0.4, 0.5) is 0 Å². The first-order valence-electron chi connectivity index (χ1n) is 6.42. The van der Waals surface area contributed by atoms with Gasteiger partial charge in [0.2, 0.25) is 0 Å². The largest absolute Gasteiger partial charge is 0.296 e. The Kier molecular flexibility index (Phi) is 38.9. The maximum absolute atomic E-state index is 7.50. The molecule has 8 heteroatoms. The molecule has 0 aliphatic carbocycles. The SMILES string of the molecule is [C-]#[O+].[C-]#[O+].[C-]#[O+].[Cl][Pd+].[Cr].[c-]1ccc(-c2ccccc2)nc1.c1ccncc1. The fraction of sp³-hybridized carbons (Fsp3) is 0. The standard InChI is InChI=1S/C11H8N.C5H5N.3CO.ClH.Cr.Pd/c1-2-6-10(7-3-1)11-8-4-5-9-12-11;1-2-4-6-5-3-1;3*1-2;;;/h1-4,6-9H;1-5H;;;;1H;;/q-1;;;;;;;+2/p-1. The van der Waals surface area contributed by atoms with Crippen LogP contribution in [0.15, 0.2) is 79.3 Å². The van der Waals surface area contributed by atoms with E-state index in [0.29, 0.717) is 0 Å². The minimum Gasteiger partial charge on any atom is -0.296 e. The number of rotatable bonds is 1. The van der Waals surface area contributed by atoms with Crippen molar-refractivity contribution in [2.75, 3.05) is 0 Å². The van der Waals surface area contributed by atoms with Gasteiger partial charge in [-0.25, -0.2) is 12.1 Å². The third-order valence-corrected chi connectivity index (χ3v) is 2.25. The van der Waals surface area contributed by atoms with Crippen molar-refractivity contribution >= 4 is 9.53 Å². The zero-order valence-electron chi connectivity index (χ0n) is 13.7. The van der Waals surface area contributed by atoms with E-state index in [-0.39, 0.29) is 17.4 Å². The van der Waals surface area contributed by atoms with Gasteiger partial charge in [0.1, 0.15) is 0 Å². The molecule has 1 aromatic carbocycles. The van der Waals surface area contributed by atoms with E-state index in [9.17, 15) is 0 Å². The number of halogens is 1. The molecule has 0 saturated carbocycles. The molecular formula is C19H13ClCrN2O3Pd. The Morgan fingerprint density at radius 3 is 1.59 bits per heavy atom. The number of pyridine rings is 2. The smallest absolute Gasteiger partial charge is 0.0267 e. The summed E-state index contributed by atoms with van der Waals surface area (Å²) in [5.74, 6) is 0. The molecule has 0 amide bonds. The van der Waals surface area contributed by atoms with Gasteiger partial charge >= 0.3 is 61.6 Å². The summed E-state index contributed by atoms with van der Waals surface area (Å²) < 4.78 is 22.5. The minimum absolute atomic E-state index is 0. The van der Waals surface area contributed by atoms with Crippen LogP contribution in [0.1, 0.15) is 0 Å². The van der Waals surface area contributed by atoms with Crippen molar-refractivity contribution in [3.05, 3.63) is 105 Å². The van der Waals surface area contributed by atoms with Crippen molar-refractivity contribution in [3.63, 3.8) is 0 Å². The van der Waals surface area contributed by atoms with Crippen LogP contribution in [0, 0.1) is 26.0 Å². The van der Waals surface area contributed by atoms with Crippen LogP contribution < -0.4 is 0 Å². The van der Waals surface area contributed by atoms with Gasteiger partial charge < -0.3 is 0 Å². The van der Waals surface area contributed by atoms with Crippen LogP contribution in [-0.4, -0.2) is 9.97 Å². The van der Waals surface area contributed by atoms with Crippen molar-refractivity contribution in [1.29, 1.82) is 0 Å². The Bertz CT molecular complexity index is 606. The van der Waals surface area contributed by atoms with Crippen LogP contribution in [0.5, 0.6) is 0 Å². The summed E-state index contributed by atoms with van der Waals surface area (Å²) in [5, 5.41) is 0. The third kappa shape index (κ3) is 20.4. The first kappa shape index (κ1) is 32.9. The Balaban J connectivity index is -0.000000151. The second kappa shape index (κ2) is 31.9. The molecule has 0 saturated heterocycles. The van der Waals surface area contributed by atoms with Crippen LogP contribution >= 0.6 is 9.53 Å². The van der Waals surface area contributed by atoms with Gasteiger partial charge in [-0.3, -0.25) is 9.97 Å². The fourth-order valence-corrected chi connectivity index (χ4v) is 1.41. The van der Waals surface area contributed by atoms with Gasteiger partial charge in [-0.05, 0) is 23.4 Å². The van der Waals surface area contributed by atoms with Crippen LogP contribution in [0.25, 0.3) is 11.3 Å². The summed E-state index contributed by atoms with van der Waals surface area (Å²) >= 11 is 2.22. The van der Waals surface area contributed by atoms with Crippen LogP contribution in [0.2, 0.25) is 0 Å². The first-order valence-corrected chi connectivity index (χ1v) is 8.43. The van der Waals surface area contributed by atoms with Crippen molar-refractivity contribution < 1.29 is 49.5 Å². The monoisotopic (exact) mass is 510 g/mol. The molecule has 140 valence electrons. The molecule has 0 fully saturated rings. The molecule has 0 radical (unpaired) electrons. The molecule has 3 rings (SSSR count). The molecule has 2 aromatic heterocycles. The molecule has 0 unspecified atom stereocenters. The van der Waals surface area contributed by atoms with Gasteiger partial charge in [-0.1, -0.05) is 42.6 Å². The van der Waals surface area contributed by atoms with Gasteiger partial charge in [0.15, 0.2) is 0 Å². The molecule has 0 atom stereocenters. The number of benzene rings is 1. The van der Waals surface area contributed by atoms with E-state index in [4.69, 9.17) is 14.0 Å². The van der Waals surface area contributed by atoms with Crippen molar-refractivity contribution in [2.24, 2.45) is 0 Å². The summed E-state index contributed by atoms with van der Waals surface area (Å²) in [6, 6.07) is 22.5. The van der Waals surface area contributed by atoms with Gasteiger partial charge in [0, 0.05) is 29.8 Å². The van der Waals surface area contributed by atoms with E-state index in [1.54, 1.807) is 18.6 Å². The van der Waals surface area contributed by atoms with Gasteiger partial charge in [-0.2, -0.15) is 6.07 Å². The predicted molar refractivity (Wildman–Crippen MR) is 90.4 cm³/mol. The zero-order valence-corrected chi connectivity index (χ0v) is 17.3. The summed E-state index contributed by atoms with van der Waals surface area (Å²) in [6.45, 7) is 13.5. The average Bonchev–Trinajstić information content (AvgIpc) is 2.82. The van der Waals surface area contributed by atoms with Crippen molar-refractivity contribution in [1.82, 2.24) is 9.97 Å². The van der Waals surface area contributed by atoms with Gasteiger partial charge in [0.25, 0.3) is 0 Å². The topological polar surface area (TPSA) is 85.5 Å². The van der Waals surface area contributed by atoms with Crippen LogP contribution in [0.3, 0.4) is 0 Å². The molecule has 3 aromatic rings. The maximum Gasteiger partial charge on any atom is 0.0267 e. The quantitative estimate of drug-likeness (QED) is 0.279. The predicted octanol–water partition coefficient (Wildman–Crippen LogP) is 4.20. The molecule has 0 aliphatic heterocycles. The second-order valence-corrected chi connectivity index (χ2v) is 3.53. The Labute approximate surface area is 184 Å². The average molecular weight is 511 g/mol. The summed E-state index contributed by atoms with van der Waals surface area (Å²) in [7, 11) is 4.49. The van der Waals surface area contributed by atoms with Gasteiger partial charge in [-0.15, -0.1) is 0 Å². The minimum atomic E-state index is 0. The molecule has 27 heavy (non-hydrogen) atoms. The Morgan fingerprint density at radius 1 is 0.778 bits per heavy atom. The normalized spacial score (nSPS) is 6.56. The van der Waals surface area contributed by atoms with E-state index in [1.165, 1.54) is 0 Å². The summed E-state index contributed by atoms with van der Waals surface area (Å²) in [6.07, 6.45) is 5.18. The third-order valence-electron chi connectivity index (χ3n) is 2.25. The number of aromatic nitrogens is 2. The first-order chi connectivity index (χ1) is 13.0. The number of hydrogen-bond donors (Lipinski definition) is 0.